The number of nitrogens with one attached hydrogen (secondary N) is 1. The molecule has 0 spiro atoms. The summed E-state index contributed by atoms with van der Waals surface area (Å²) >= 11 is 0. The molecule has 0 unspecified atom stereocenters. The maximum Gasteiger partial charge on any atom is 0.331 e. The predicted molar refractivity (Wildman–Crippen MR) is 106 cm³/mol. The summed E-state index contributed by atoms with van der Waals surface area (Å²) < 4.78 is 15.7. The number of hydrogen-bond donors (Lipinski definition) is 1. The van der Waals surface area contributed by atoms with Crippen molar-refractivity contribution in [3.05, 3.63) is 59.7 Å². The molecule has 6 heteroatoms. The minimum absolute atomic E-state index is 0.192. The van der Waals surface area contributed by atoms with Gasteiger partial charge in [-0.05, 0) is 54.3 Å². The Morgan fingerprint density at radius 3 is 2.46 bits per heavy atom. The molecule has 146 valence electrons. The summed E-state index contributed by atoms with van der Waals surface area (Å²) in [6.45, 7) is 5.93. The number of amides is 1. The molecule has 0 saturated heterocycles. The van der Waals surface area contributed by atoms with Crippen molar-refractivity contribution in [1.29, 1.82) is 0 Å². The van der Waals surface area contributed by atoms with Crippen molar-refractivity contribution in [2.75, 3.05) is 12.1 Å². The van der Waals surface area contributed by atoms with Gasteiger partial charge in [0.2, 0.25) is 6.79 Å². The van der Waals surface area contributed by atoms with E-state index < -0.39 is 12.1 Å². The summed E-state index contributed by atoms with van der Waals surface area (Å²) in [7, 11) is 0. The molecule has 0 bridgehead atoms. The second-order valence-electron chi connectivity index (χ2n) is 6.79. The molecule has 2 aromatic carbocycles. The highest BCUT2D eigenvalue weighted by molar-refractivity contribution is 5.96. The van der Waals surface area contributed by atoms with Gasteiger partial charge in [-0.25, -0.2) is 4.79 Å². The highest BCUT2D eigenvalue weighted by Gasteiger charge is 2.17. The standard InChI is InChI=1S/C22H23NO5/c1-14(2)17-6-8-18(9-7-17)23-22(25)15(3)28-21(24)11-5-16-4-10-19-20(12-16)27-13-26-19/h4-12,14-15H,13H2,1-3H3,(H,23,25)/b11-5+/t15-/m1/s1. The topological polar surface area (TPSA) is 73.9 Å². The fourth-order valence-corrected chi connectivity index (χ4v) is 2.64. The van der Waals surface area contributed by atoms with Gasteiger partial charge in [0.05, 0.1) is 0 Å². The van der Waals surface area contributed by atoms with E-state index in [2.05, 4.69) is 19.2 Å². The number of esters is 1. The van der Waals surface area contributed by atoms with Crippen LogP contribution < -0.4 is 14.8 Å². The first-order valence-corrected chi connectivity index (χ1v) is 9.11. The van der Waals surface area contributed by atoms with Gasteiger partial charge in [0.25, 0.3) is 5.91 Å². The zero-order valence-corrected chi connectivity index (χ0v) is 16.1. The molecular formula is C22H23NO5. The van der Waals surface area contributed by atoms with Crippen LogP contribution in [0.4, 0.5) is 5.69 Å². The van der Waals surface area contributed by atoms with Gasteiger partial charge in [-0.3, -0.25) is 4.79 Å². The number of fused-ring (bicyclic) bond motifs is 1. The molecule has 2 aromatic rings. The van der Waals surface area contributed by atoms with E-state index in [4.69, 9.17) is 14.2 Å². The Morgan fingerprint density at radius 1 is 1.04 bits per heavy atom. The van der Waals surface area contributed by atoms with Crippen molar-refractivity contribution in [3.8, 4) is 11.5 Å². The summed E-state index contributed by atoms with van der Waals surface area (Å²) in [5, 5.41) is 2.74. The van der Waals surface area contributed by atoms with Crippen LogP contribution in [0.25, 0.3) is 6.08 Å². The summed E-state index contributed by atoms with van der Waals surface area (Å²) in [4.78, 5) is 24.2. The lowest BCUT2D eigenvalue weighted by molar-refractivity contribution is -0.148. The van der Waals surface area contributed by atoms with E-state index in [1.165, 1.54) is 18.6 Å². The monoisotopic (exact) mass is 381 g/mol. The van der Waals surface area contributed by atoms with Crippen LogP contribution in [0.15, 0.2) is 48.5 Å². The average molecular weight is 381 g/mol. The minimum atomic E-state index is -0.918. The average Bonchev–Trinajstić information content (AvgIpc) is 3.14. The van der Waals surface area contributed by atoms with Crippen molar-refractivity contribution in [2.24, 2.45) is 0 Å². The number of carbonyl (C=O) groups excluding carboxylic acids is 2. The number of ether oxygens (including phenoxy) is 3. The van der Waals surface area contributed by atoms with Crippen LogP contribution in [0.1, 0.15) is 37.8 Å². The third kappa shape index (κ3) is 4.91. The molecule has 6 nitrogen and oxygen atoms in total. The van der Waals surface area contributed by atoms with E-state index >= 15 is 0 Å². The van der Waals surface area contributed by atoms with E-state index in [0.29, 0.717) is 23.1 Å². The van der Waals surface area contributed by atoms with Gasteiger partial charge in [-0.15, -0.1) is 0 Å². The molecule has 1 heterocycles. The van der Waals surface area contributed by atoms with E-state index in [1.54, 1.807) is 24.3 Å². The first-order valence-electron chi connectivity index (χ1n) is 9.11. The van der Waals surface area contributed by atoms with Crippen molar-refractivity contribution in [3.63, 3.8) is 0 Å². The van der Waals surface area contributed by atoms with Gasteiger partial charge in [0.15, 0.2) is 17.6 Å². The van der Waals surface area contributed by atoms with Crippen molar-refractivity contribution in [2.45, 2.75) is 32.8 Å². The largest absolute Gasteiger partial charge is 0.454 e. The zero-order chi connectivity index (χ0) is 20.1. The second kappa shape index (κ2) is 8.61. The van der Waals surface area contributed by atoms with Crippen molar-refractivity contribution in [1.82, 2.24) is 0 Å². The molecule has 0 saturated carbocycles. The van der Waals surface area contributed by atoms with Gasteiger partial charge in [-0.2, -0.15) is 0 Å². The predicted octanol–water partition coefficient (Wildman–Crippen LogP) is 4.12. The molecule has 1 N–H and O–H groups in total. The van der Waals surface area contributed by atoms with E-state index in [-0.39, 0.29) is 12.7 Å². The second-order valence-corrected chi connectivity index (χ2v) is 6.79. The van der Waals surface area contributed by atoms with Gasteiger partial charge < -0.3 is 19.5 Å². The first kappa shape index (κ1) is 19.5. The van der Waals surface area contributed by atoms with E-state index in [1.807, 2.05) is 24.3 Å². The molecule has 3 rings (SSSR count). The maximum absolute atomic E-state index is 12.2. The summed E-state index contributed by atoms with van der Waals surface area (Å²) in [5.41, 5.74) is 2.61. The van der Waals surface area contributed by atoms with Crippen LogP contribution in [-0.2, 0) is 14.3 Å². The molecule has 0 fully saturated rings. The summed E-state index contributed by atoms with van der Waals surface area (Å²) in [6, 6.07) is 12.9. The van der Waals surface area contributed by atoms with E-state index in [0.717, 1.165) is 5.56 Å². The van der Waals surface area contributed by atoms with Gasteiger partial charge in [0, 0.05) is 11.8 Å². The molecule has 28 heavy (non-hydrogen) atoms. The number of anilines is 1. The zero-order valence-electron chi connectivity index (χ0n) is 16.1. The first-order chi connectivity index (χ1) is 13.4. The molecule has 0 aromatic heterocycles. The van der Waals surface area contributed by atoms with Crippen LogP contribution in [0.5, 0.6) is 11.5 Å². The van der Waals surface area contributed by atoms with E-state index in [9.17, 15) is 9.59 Å². The van der Waals surface area contributed by atoms with Crippen LogP contribution in [0.2, 0.25) is 0 Å². The molecule has 0 aliphatic carbocycles. The lowest BCUT2D eigenvalue weighted by atomic mass is 10.0. The molecule has 1 aliphatic heterocycles. The normalized spacial score (nSPS) is 13.6. The van der Waals surface area contributed by atoms with Crippen molar-refractivity contribution >= 4 is 23.6 Å². The Labute approximate surface area is 164 Å². The number of rotatable bonds is 6. The highest BCUT2D eigenvalue weighted by Crippen LogP contribution is 2.32. The lowest BCUT2D eigenvalue weighted by Gasteiger charge is -2.13. The fraction of sp³-hybridized carbons (Fsp3) is 0.273. The Kier molecular flexibility index (Phi) is 5.99. The van der Waals surface area contributed by atoms with Gasteiger partial charge >= 0.3 is 5.97 Å². The minimum Gasteiger partial charge on any atom is -0.454 e. The SMILES string of the molecule is CC(C)c1ccc(NC(=O)[C@@H](C)OC(=O)/C=C/c2ccc3c(c2)OCO3)cc1. The molecule has 1 aliphatic rings. The fourth-order valence-electron chi connectivity index (χ4n) is 2.64. The maximum atomic E-state index is 12.2. The quantitative estimate of drug-likeness (QED) is 0.602. The number of carbonyl (C=O) groups is 2. The summed E-state index contributed by atoms with van der Waals surface area (Å²) in [6.07, 6.45) is 1.96. The van der Waals surface area contributed by atoms with Crippen LogP contribution in [0.3, 0.4) is 0 Å². The van der Waals surface area contributed by atoms with Crippen LogP contribution >= 0.6 is 0 Å². The molecule has 1 amide bonds. The summed E-state index contributed by atoms with van der Waals surface area (Å²) in [5.74, 6) is 0.733. The van der Waals surface area contributed by atoms with Crippen LogP contribution in [0, 0.1) is 0 Å². The third-order valence-electron chi connectivity index (χ3n) is 4.32. The smallest absolute Gasteiger partial charge is 0.331 e. The third-order valence-corrected chi connectivity index (χ3v) is 4.32. The number of benzene rings is 2. The van der Waals surface area contributed by atoms with Gasteiger partial charge in [0.1, 0.15) is 0 Å². The Hall–Kier alpha value is -3.28. The van der Waals surface area contributed by atoms with Gasteiger partial charge in [-0.1, -0.05) is 32.0 Å². The Morgan fingerprint density at radius 2 is 1.75 bits per heavy atom. The molecular weight excluding hydrogens is 358 g/mol. The van der Waals surface area contributed by atoms with Crippen LogP contribution in [-0.4, -0.2) is 24.8 Å². The molecule has 0 radical (unpaired) electrons. The lowest BCUT2D eigenvalue weighted by Crippen LogP contribution is -2.29. The van der Waals surface area contributed by atoms with Crippen molar-refractivity contribution < 1.29 is 23.8 Å². The highest BCUT2D eigenvalue weighted by atomic mass is 16.7. The Bertz CT molecular complexity index is 886. The Balaban J connectivity index is 1.52. The molecule has 1 atom stereocenters. The number of hydrogen-bond acceptors (Lipinski definition) is 5.